The highest BCUT2D eigenvalue weighted by Gasteiger charge is 2.30. The minimum absolute atomic E-state index is 0.0111. The minimum atomic E-state index is 0.0111. The Morgan fingerprint density at radius 3 is 2.45 bits per heavy atom. The van der Waals surface area contributed by atoms with Gasteiger partial charge in [-0.25, -0.2) is 4.79 Å². The number of carbonyl (C=O) groups excluding carboxylic acids is 2. The summed E-state index contributed by atoms with van der Waals surface area (Å²) in [6.45, 7) is 5.41. The van der Waals surface area contributed by atoms with Crippen LogP contribution >= 0.6 is 0 Å². The van der Waals surface area contributed by atoms with Gasteiger partial charge >= 0.3 is 6.03 Å². The average Bonchev–Trinajstić information content (AvgIpc) is 2.54. The van der Waals surface area contributed by atoms with Gasteiger partial charge in [-0.2, -0.15) is 0 Å². The van der Waals surface area contributed by atoms with Crippen molar-refractivity contribution < 1.29 is 14.3 Å². The molecule has 2 rings (SSSR count). The van der Waals surface area contributed by atoms with E-state index in [1.807, 2.05) is 11.8 Å². The van der Waals surface area contributed by atoms with Crippen molar-refractivity contribution in [3.05, 3.63) is 0 Å². The Morgan fingerprint density at radius 1 is 1.18 bits per heavy atom. The summed E-state index contributed by atoms with van der Waals surface area (Å²) in [4.78, 5) is 25.9. The van der Waals surface area contributed by atoms with Crippen molar-refractivity contribution >= 4 is 11.9 Å². The summed E-state index contributed by atoms with van der Waals surface area (Å²) in [5, 5.41) is 5.84. The van der Waals surface area contributed by atoms with Crippen LogP contribution in [0.4, 0.5) is 4.79 Å². The van der Waals surface area contributed by atoms with Crippen LogP contribution in [0.2, 0.25) is 0 Å². The molecule has 2 aliphatic rings. The molecule has 6 heteroatoms. The van der Waals surface area contributed by atoms with Crippen molar-refractivity contribution in [2.75, 3.05) is 20.1 Å². The molecule has 1 aliphatic carbocycles. The van der Waals surface area contributed by atoms with Crippen molar-refractivity contribution in [3.63, 3.8) is 0 Å². The molecule has 2 N–H and O–H groups in total. The Morgan fingerprint density at radius 2 is 1.86 bits per heavy atom. The number of urea groups is 1. The van der Waals surface area contributed by atoms with Crippen LogP contribution < -0.4 is 10.6 Å². The first-order valence-electron chi connectivity index (χ1n) is 8.46. The Labute approximate surface area is 132 Å². The first kappa shape index (κ1) is 17.1. The van der Waals surface area contributed by atoms with Crippen molar-refractivity contribution in [1.82, 2.24) is 15.5 Å². The predicted octanol–water partition coefficient (Wildman–Crippen LogP) is 1.50. The second kappa shape index (κ2) is 7.81. The lowest BCUT2D eigenvalue weighted by atomic mass is 9.85. The van der Waals surface area contributed by atoms with E-state index < -0.39 is 0 Å². The summed E-state index contributed by atoms with van der Waals surface area (Å²) in [6.07, 6.45) is 4.60. The van der Waals surface area contributed by atoms with E-state index >= 15 is 0 Å². The number of morpholine rings is 1. The number of hydrogen-bond donors (Lipinski definition) is 2. The van der Waals surface area contributed by atoms with Gasteiger partial charge in [0.05, 0.1) is 12.2 Å². The van der Waals surface area contributed by atoms with Crippen LogP contribution in [0.1, 0.15) is 46.0 Å². The van der Waals surface area contributed by atoms with Gasteiger partial charge < -0.3 is 20.3 Å². The molecule has 1 saturated heterocycles. The number of amides is 3. The molecule has 0 radical (unpaired) electrons. The highest BCUT2D eigenvalue weighted by atomic mass is 16.5. The molecule has 0 aromatic rings. The maximum atomic E-state index is 12.4. The normalized spacial score (nSPS) is 32.4. The van der Waals surface area contributed by atoms with Crippen LogP contribution in [0.5, 0.6) is 0 Å². The molecular formula is C16H29N3O3. The van der Waals surface area contributed by atoms with Gasteiger partial charge in [-0.1, -0.05) is 6.92 Å². The zero-order chi connectivity index (χ0) is 16.1. The number of ether oxygens (including phenoxy) is 1. The van der Waals surface area contributed by atoms with Crippen molar-refractivity contribution in [2.24, 2.45) is 5.92 Å². The second-order valence-electron chi connectivity index (χ2n) is 6.49. The van der Waals surface area contributed by atoms with Crippen LogP contribution in [0, 0.1) is 5.92 Å². The molecule has 126 valence electrons. The summed E-state index contributed by atoms with van der Waals surface area (Å²) in [5.74, 6) is 0.226. The third-order valence-electron chi connectivity index (χ3n) is 4.74. The SMILES string of the molecule is CC[C@@H]1CN(C(=O)NC2CCC(C(=O)NC)CC2)C[C@@H](C)O1. The van der Waals surface area contributed by atoms with Gasteiger partial charge in [0.25, 0.3) is 0 Å². The van der Waals surface area contributed by atoms with Gasteiger partial charge in [0.15, 0.2) is 0 Å². The monoisotopic (exact) mass is 311 g/mol. The number of rotatable bonds is 3. The van der Waals surface area contributed by atoms with E-state index in [9.17, 15) is 9.59 Å². The largest absolute Gasteiger partial charge is 0.372 e. The predicted molar refractivity (Wildman–Crippen MR) is 84.5 cm³/mol. The van der Waals surface area contributed by atoms with Crippen molar-refractivity contribution in [2.45, 2.75) is 64.2 Å². The number of hydrogen-bond acceptors (Lipinski definition) is 3. The molecule has 0 aromatic carbocycles. The summed E-state index contributed by atoms with van der Waals surface area (Å²) >= 11 is 0. The lowest BCUT2D eigenvalue weighted by molar-refractivity contribution is -0.125. The molecule has 2 atom stereocenters. The third kappa shape index (κ3) is 4.35. The number of nitrogens with one attached hydrogen (secondary N) is 2. The summed E-state index contributed by atoms with van der Waals surface area (Å²) in [7, 11) is 1.68. The Bertz CT molecular complexity index is 394. The van der Waals surface area contributed by atoms with Gasteiger partial charge in [-0.3, -0.25) is 4.79 Å². The topological polar surface area (TPSA) is 70.7 Å². The van der Waals surface area contributed by atoms with Gasteiger partial charge in [0.2, 0.25) is 5.91 Å². The van der Waals surface area contributed by atoms with Crippen LogP contribution in [0.15, 0.2) is 0 Å². The zero-order valence-corrected chi connectivity index (χ0v) is 13.9. The van der Waals surface area contributed by atoms with Crippen molar-refractivity contribution in [1.29, 1.82) is 0 Å². The Kier molecular flexibility index (Phi) is 6.06. The molecule has 3 amide bonds. The van der Waals surface area contributed by atoms with E-state index in [0.29, 0.717) is 13.1 Å². The van der Waals surface area contributed by atoms with E-state index in [4.69, 9.17) is 4.74 Å². The number of carbonyl (C=O) groups is 2. The molecule has 2 fully saturated rings. The van der Waals surface area contributed by atoms with Crippen molar-refractivity contribution in [3.8, 4) is 0 Å². The average molecular weight is 311 g/mol. The summed E-state index contributed by atoms with van der Waals surface area (Å²) < 4.78 is 5.79. The quantitative estimate of drug-likeness (QED) is 0.830. The smallest absolute Gasteiger partial charge is 0.317 e. The summed E-state index contributed by atoms with van der Waals surface area (Å²) in [6, 6.07) is 0.198. The van der Waals surface area contributed by atoms with E-state index in [-0.39, 0.29) is 36.1 Å². The fraction of sp³-hybridized carbons (Fsp3) is 0.875. The number of nitrogens with zero attached hydrogens (tertiary/aromatic N) is 1. The second-order valence-corrected chi connectivity index (χ2v) is 6.49. The highest BCUT2D eigenvalue weighted by molar-refractivity contribution is 5.78. The van der Waals surface area contributed by atoms with E-state index in [1.165, 1.54) is 0 Å². The molecule has 6 nitrogen and oxygen atoms in total. The molecule has 0 spiro atoms. The van der Waals surface area contributed by atoms with Crippen LogP contribution in [-0.4, -0.2) is 55.2 Å². The third-order valence-corrected chi connectivity index (χ3v) is 4.74. The molecule has 1 saturated carbocycles. The molecule has 0 bridgehead atoms. The van der Waals surface area contributed by atoms with E-state index in [1.54, 1.807) is 7.05 Å². The molecule has 0 unspecified atom stereocenters. The molecule has 22 heavy (non-hydrogen) atoms. The maximum absolute atomic E-state index is 12.4. The first-order chi connectivity index (χ1) is 10.5. The molecule has 1 aliphatic heterocycles. The van der Waals surface area contributed by atoms with Gasteiger partial charge in [0, 0.05) is 32.1 Å². The molecule has 1 heterocycles. The minimum Gasteiger partial charge on any atom is -0.372 e. The Balaban J connectivity index is 1.79. The fourth-order valence-corrected chi connectivity index (χ4v) is 3.41. The van der Waals surface area contributed by atoms with Gasteiger partial charge in [0.1, 0.15) is 0 Å². The van der Waals surface area contributed by atoms with Crippen LogP contribution in [-0.2, 0) is 9.53 Å². The zero-order valence-electron chi connectivity index (χ0n) is 13.9. The maximum Gasteiger partial charge on any atom is 0.317 e. The fourth-order valence-electron chi connectivity index (χ4n) is 3.41. The van der Waals surface area contributed by atoms with E-state index in [2.05, 4.69) is 17.6 Å². The van der Waals surface area contributed by atoms with Gasteiger partial charge in [-0.15, -0.1) is 0 Å². The molecule has 0 aromatic heterocycles. The molecular weight excluding hydrogens is 282 g/mol. The lowest BCUT2D eigenvalue weighted by Gasteiger charge is -2.38. The van der Waals surface area contributed by atoms with Crippen LogP contribution in [0.25, 0.3) is 0 Å². The van der Waals surface area contributed by atoms with Crippen LogP contribution in [0.3, 0.4) is 0 Å². The van der Waals surface area contributed by atoms with Gasteiger partial charge in [-0.05, 0) is 39.0 Å². The lowest BCUT2D eigenvalue weighted by Crippen LogP contribution is -2.54. The Hall–Kier alpha value is -1.30. The first-order valence-corrected chi connectivity index (χ1v) is 8.46. The highest BCUT2D eigenvalue weighted by Crippen LogP contribution is 2.24. The van der Waals surface area contributed by atoms with E-state index in [0.717, 1.165) is 32.1 Å². The summed E-state index contributed by atoms with van der Waals surface area (Å²) in [5.41, 5.74) is 0. The standard InChI is InChI=1S/C16H29N3O3/c1-4-14-10-19(9-11(2)22-14)16(21)18-13-7-5-12(6-8-13)15(20)17-3/h11-14H,4-10H2,1-3H3,(H,17,20)(H,18,21)/t11-,12?,13?,14-/m1/s1.